The first-order valence-electron chi connectivity index (χ1n) is 19.4. The molecule has 9 nitrogen and oxygen atoms in total. The third kappa shape index (κ3) is 32.0. The summed E-state index contributed by atoms with van der Waals surface area (Å²) < 4.78 is 5.89. The third-order valence-corrected chi connectivity index (χ3v) is 8.34. The molecule has 0 heterocycles. The molecule has 0 fully saturated rings. The smallest absolute Gasteiger partial charge is 0.328 e. The molecule has 49 heavy (non-hydrogen) atoms. The van der Waals surface area contributed by atoms with Crippen LogP contribution in [0.15, 0.2) is 36.5 Å². The van der Waals surface area contributed by atoms with Crippen LogP contribution in [0.5, 0.6) is 0 Å². The van der Waals surface area contributed by atoms with Crippen LogP contribution in [0, 0.1) is 0 Å². The molecule has 0 aliphatic carbocycles. The molecule has 0 aromatic carbocycles. The van der Waals surface area contributed by atoms with Crippen LogP contribution in [0.1, 0.15) is 168 Å². The number of hydrogen-bond donors (Lipinski definition) is 4. The van der Waals surface area contributed by atoms with Crippen LogP contribution in [0.25, 0.3) is 0 Å². The average Bonchev–Trinajstić information content (AvgIpc) is 3.08. The second kappa shape index (κ2) is 34.9. The Morgan fingerprint density at radius 2 is 1.18 bits per heavy atom. The van der Waals surface area contributed by atoms with Gasteiger partial charge in [0.25, 0.3) is 0 Å². The van der Waals surface area contributed by atoms with Gasteiger partial charge in [-0.2, -0.15) is 0 Å². The van der Waals surface area contributed by atoms with Crippen molar-refractivity contribution in [3.8, 4) is 0 Å². The van der Waals surface area contributed by atoms with Gasteiger partial charge >= 0.3 is 11.9 Å². The first-order valence-corrected chi connectivity index (χ1v) is 19.4. The highest BCUT2D eigenvalue weighted by molar-refractivity contribution is 5.87. The fourth-order valence-corrected chi connectivity index (χ4v) is 5.29. The fourth-order valence-electron chi connectivity index (χ4n) is 5.29. The van der Waals surface area contributed by atoms with Crippen LogP contribution in [-0.2, 0) is 23.9 Å². The van der Waals surface area contributed by atoms with Gasteiger partial charge in [0.1, 0.15) is 12.1 Å². The lowest BCUT2D eigenvalue weighted by Gasteiger charge is -2.15. The molecular formula is C40H70N2O7. The Bertz CT molecular complexity index is 932. The van der Waals surface area contributed by atoms with Crippen molar-refractivity contribution in [2.75, 3.05) is 13.2 Å². The first kappa shape index (κ1) is 46.1. The van der Waals surface area contributed by atoms with Gasteiger partial charge in [-0.15, -0.1) is 0 Å². The Balaban J connectivity index is 4.34. The van der Waals surface area contributed by atoms with Crippen LogP contribution in [-0.4, -0.2) is 59.3 Å². The summed E-state index contributed by atoms with van der Waals surface area (Å²) in [5.41, 5.74) is 0. The molecule has 282 valence electrons. The fraction of sp³-hybridized carbons (Fsp3) is 0.750. The minimum Gasteiger partial charge on any atom is -0.480 e. The second-order valence-corrected chi connectivity index (χ2v) is 13.0. The van der Waals surface area contributed by atoms with E-state index in [0.717, 1.165) is 77.0 Å². The van der Waals surface area contributed by atoms with Gasteiger partial charge in [-0.25, -0.2) is 4.79 Å². The van der Waals surface area contributed by atoms with Crippen molar-refractivity contribution in [1.29, 1.82) is 0 Å². The van der Waals surface area contributed by atoms with Gasteiger partial charge in [-0.1, -0.05) is 121 Å². The zero-order valence-corrected chi connectivity index (χ0v) is 30.9. The number of rotatable bonds is 34. The maximum absolute atomic E-state index is 12.6. The SMILES string of the molecule is CCCC/C=C\CCCCCCCC(=O)OC(/C=C\C/C=C\CCCCCC)CCCCCCCCC(=O)NCC(=O)NC(CO)C(=O)O. The number of unbranched alkanes of at least 4 members (excludes halogenated alkanes) is 16. The molecule has 4 N–H and O–H groups in total. The number of carbonyl (C=O) groups is 4. The van der Waals surface area contributed by atoms with Crippen LogP contribution >= 0.6 is 0 Å². The summed E-state index contributed by atoms with van der Waals surface area (Å²) in [6, 6.07) is -1.38. The lowest BCUT2D eigenvalue weighted by Crippen LogP contribution is -2.47. The normalized spacial score (nSPS) is 12.9. The summed E-state index contributed by atoms with van der Waals surface area (Å²) in [5.74, 6) is -2.36. The Kier molecular flexibility index (Phi) is 32.8. The molecule has 0 aromatic heterocycles. The van der Waals surface area contributed by atoms with Gasteiger partial charge < -0.3 is 25.6 Å². The molecule has 0 aliphatic heterocycles. The van der Waals surface area contributed by atoms with Crippen molar-refractivity contribution < 1.29 is 34.1 Å². The van der Waals surface area contributed by atoms with Gasteiger partial charge in [0.15, 0.2) is 0 Å². The number of aliphatic hydroxyl groups is 1. The molecular weight excluding hydrogens is 620 g/mol. The molecule has 0 aliphatic rings. The number of carboxylic acid groups (broad SMARTS) is 1. The Morgan fingerprint density at radius 1 is 0.633 bits per heavy atom. The van der Waals surface area contributed by atoms with Crippen molar-refractivity contribution in [2.24, 2.45) is 0 Å². The molecule has 0 radical (unpaired) electrons. The van der Waals surface area contributed by atoms with E-state index in [1.54, 1.807) is 0 Å². The standard InChI is InChI=1S/C40H70N2O7/c1-3-5-7-9-11-13-14-16-18-24-28-32-39(46)49-35(29-25-21-17-15-12-10-8-6-4-2)30-26-22-19-20-23-27-31-37(44)41-33-38(45)42-36(34-43)40(47)48/h9,11,15,17,25,29,35-36,43H,3-8,10,12-14,16,18-24,26-28,30-34H2,1-2H3,(H,41,44)(H,42,45)(H,47,48)/b11-9-,17-15-,29-25-. The molecule has 0 saturated carbocycles. The second-order valence-electron chi connectivity index (χ2n) is 13.0. The van der Waals surface area contributed by atoms with Gasteiger partial charge in [-0.05, 0) is 70.3 Å². The number of amides is 2. The van der Waals surface area contributed by atoms with Crippen LogP contribution in [0.4, 0.5) is 0 Å². The summed E-state index contributed by atoms with van der Waals surface area (Å²) >= 11 is 0. The highest BCUT2D eigenvalue weighted by atomic mass is 16.5. The number of nitrogens with one attached hydrogen (secondary N) is 2. The van der Waals surface area contributed by atoms with Gasteiger partial charge in [0.05, 0.1) is 13.2 Å². The highest BCUT2D eigenvalue weighted by Gasteiger charge is 2.18. The van der Waals surface area contributed by atoms with Crippen molar-refractivity contribution >= 4 is 23.8 Å². The topological polar surface area (TPSA) is 142 Å². The Labute approximate surface area is 297 Å². The van der Waals surface area contributed by atoms with Crippen molar-refractivity contribution in [3.63, 3.8) is 0 Å². The van der Waals surface area contributed by atoms with E-state index in [4.69, 9.17) is 14.9 Å². The molecule has 2 atom stereocenters. The van der Waals surface area contributed by atoms with Gasteiger partial charge in [-0.3, -0.25) is 14.4 Å². The molecule has 0 aromatic rings. The number of aliphatic hydroxyl groups excluding tert-OH is 1. The average molecular weight is 691 g/mol. The lowest BCUT2D eigenvalue weighted by atomic mass is 10.1. The van der Waals surface area contributed by atoms with E-state index in [0.29, 0.717) is 19.3 Å². The number of allylic oxidation sites excluding steroid dienone is 5. The van der Waals surface area contributed by atoms with Crippen molar-refractivity contribution in [2.45, 2.75) is 180 Å². The lowest BCUT2D eigenvalue weighted by molar-refractivity contribution is -0.147. The maximum atomic E-state index is 12.6. The number of carbonyl (C=O) groups excluding carboxylic acids is 3. The molecule has 2 amide bonds. The molecule has 2 unspecified atom stereocenters. The van der Waals surface area contributed by atoms with E-state index in [9.17, 15) is 19.2 Å². The number of hydrogen-bond acceptors (Lipinski definition) is 6. The quantitative estimate of drug-likeness (QED) is 0.0301. The summed E-state index contributed by atoms with van der Waals surface area (Å²) in [6.07, 6.45) is 37.6. The number of aliphatic carboxylic acids is 1. The predicted molar refractivity (Wildman–Crippen MR) is 199 cm³/mol. The summed E-state index contributed by atoms with van der Waals surface area (Å²) in [6.45, 7) is 3.40. The van der Waals surface area contributed by atoms with E-state index in [1.807, 2.05) is 0 Å². The molecule has 0 saturated heterocycles. The van der Waals surface area contributed by atoms with Crippen LogP contribution < -0.4 is 10.6 Å². The molecule has 0 bridgehead atoms. The Morgan fingerprint density at radius 3 is 1.82 bits per heavy atom. The minimum absolute atomic E-state index is 0.106. The summed E-state index contributed by atoms with van der Waals surface area (Å²) in [5, 5.41) is 22.5. The van der Waals surface area contributed by atoms with E-state index >= 15 is 0 Å². The summed E-state index contributed by atoms with van der Waals surface area (Å²) in [4.78, 5) is 47.2. The first-order chi connectivity index (χ1) is 23.8. The highest BCUT2D eigenvalue weighted by Crippen LogP contribution is 2.15. The van der Waals surface area contributed by atoms with E-state index < -0.39 is 24.5 Å². The Hall–Kier alpha value is -2.94. The zero-order valence-electron chi connectivity index (χ0n) is 30.9. The minimum atomic E-state index is -1.38. The third-order valence-electron chi connectivity index (χ3n) is 8.34. The van der Waals surface area contributed by atoms with Crippen molar-refractivity contribution in [3.05, 3.63) is 36.5 Å². The van der Waals surface area contributed by atoms with E-state index in [2.05, 4.69) is 60.9 Å². The van der Waals surface area contributed by atoms with E-state index in [1.165, 1.54) is 57.8 Å². The van der Waals surface area contributed by atoms with Gasteiger partial charge in [0.2, 0.25) is 11.8 Å². The molecule has 9 heteroatoms. The molecule has 0 spiro atoms. The zero-order chi connectivity index (χ0) is 36.2. The monoisotopic (exact) mass is 691 g/mol. The number of esters is 1. The van der Waals surface area contributed by atoms with E-state index in [-0.39, 0.29) is 24.5 Å². The predicted octanol–water partition coefficient (Wildman–Crippen LogP) is 8.65. The number of carboxylic acids is 1. The summed E-state index contributed by atoms with van der Waals surface area (Å²) in [7, 11) is 0. The van der Waals surface area contributed by atoms with Crippen molar-refractivity contribution in [1.82, 2.24) is 10.6 Å². The largest absolute Gasteiger partial charge is 0.480 e. The molecule has 0 rings (SSSR count). The van der Waals surface area contributed by atoms with Crippen LogP contribution in [0.3, 0.4) is 0 Å². The number of ether oxygens (including phenoxy) is 1. The maximum Gasteiger partial charge on any atom is 0.328 e. The van der Waals surface area contributed by atoms with Crippen LogP contribution in [0.2, 0.25) is 0 Å². The van der Waals surface area contributed by atoms with Gasteiger partial charge in [0, 0.05) is 12.8 Å².